The molecule has 0 N–H and O–H groups in total. The third-order valence-corrected chi connectivity index (χ3v) is 5.11. The Labute approximate surface area is 129 Å². The van der Waals surface area contributed by atoms with Gasteiger partial charge in [0.05, 0.1) is 10.5 Å². The summed E-state index contributed by atoms with van der Waals surface area (Å²) in [6.07, 6.45) is 2.74. The van der Waals surface area contributed by atoms with Crippen LogP contribution < -0.4 is 0 Å². The van der Waals surface area contributed by atoms with Gasteiger partial charge < -0.3 is 4.74 Å². The molecule has 6 heteroatoms. The summed E-state index contributed by atoms with van der Waals surface area (Å²) in [6.45, 7) is 4.30. The van der Waals surface area contributed by atoms with E-state index in [2.05, 4.69) is 13.8 Å². The van der Waals surface area contributed by atoms with E-state index in [1.165, 1.54) is 24.3 Å². The fourth-order valence-corrected chi connectivity index (χ4v) is 3.76. The van der Waals surface area contributed by atoms with Crippen molar-refractivity contribution in [3.63, 3.8) is 0 Å². The number of benzene rings is 1. The molecule has 2 rings (SSSR count). The van der Waals surface area contributed by atoms with Crippen LogP contribution in [0.2, 0.25) is 0 Å². The summed E-state index contributed by atoms with van der Waals surface area (Å²) in [4.78, 5) is 12.1. The van der Waals surface area contributed by atoms with Crippen molar-refractivity contribution in [2.45, 2.75) is 44.1 Å². The molecule has 0 aliphatic heterocycles. The highest BCUT2D eigenvalue weighted by atomic mass is 35.7. The third kappa shape index (κ3) is 4.45. The monoisotopic (exact) mass is 330 g/mol. The van der Waals surface area contributed by atoms with E-state index in [0.29, 0.717) is 11.8 Å². The normalized spacial score (nSPS) is 26.3. The fraction of sp³-hybridized carbons (Fsp3) is 0.533. The van der Waals surface area contributed by atoms with Crippen LogP contribution in [0.5, 0.6) is 0 Å². The van der Waals surface area contributed by atoms with Gasteiger partial charge in [0, 0.05) is 10.7 Å². The predicted octanol–water partition coefficient (Wildman–Crippen LogP) is 3.60. The van der Waals surface area contributed by atoms with Gasteiger partial charge >= 0.3 is 5.97 Å². The zero-order chi connectivity index (χ0) is 15.6. The minimum Gasteiger partial charge on any atom is -0.459 e. The van der Waals surface area contributed by atoms with Gasteiger partial charge in [-0.15, -0.1) is 0 Å². The quantitative estimate of drug-likeness (QED) is 0.627. The van der Waals surface area contributed by atoms with Crippen LogP contribution in [0.15, 0.2) is 29.2 Å². The third-order valence-electron chi connectivity index (χ3n) is 3.76. The molecular weight excluding hydrogens is 312 g/mol. The maximum Gasteiger partial charge on any atom is 0.338 e. The second-order valence-corrected chi connectivity index (χ2v) is 8.48. The largest absolute Gasteiger partial charge is 0.459 e. The molecular formula is C15H19ClO4S. The summed E-state index contributed by atoms with van der Waals surface area (Å²) in [5.41, 5.74) is 0.211. The van der Waals surface area contributed by atoms with Gasteiger partial charge in [-0.05, 0) is 49.3 Å². The van der Waals surface area contributed by atoms with E-state index >= 15 is 0 Å². The van der Waals surface area contributed by atoms with Crippen molar-refractivity contribution in [1.82, 2.24) is 0 Å². The SMILES string of the molecule is CC1CC(C)CC(OC(=O)c2cccc(S(=O)(=O)Cl)c2)C1. The molecule has 4 nitrogen and oxygen atoms in total. The van der Waals surface area contributed by atoms with Gasteiger partial charge in [-0.1, -0.05) is 19.9 Å². The lowest BCUT2D eigenvalue weighted by Crippen LogP contribution is -2.28. The zero-order valence-corrected chi connectivity index (χ0v) is 13.7. The predicted molar refractivity (Wildman–Crippen MR) is 80.9 cm³/mol. The number of ether oxygens (including phenoxy) is 1. The van der Waals surface area contributed by atoms with Crippen LogP contribution >= 0.6 is 10.7 Å². The van der Waals surface area contributed by atoms with Gasteiger partial charge in [-0.2, -0.15) is 0 Å². The maximum atomic E-state index is 12.1. The van der Waals surface area contributed by atoms with E-state index < -0.39 is 15.0 Å². The lowest BCUT2D eigenvalue weighted by molar-refractivity contribution is 0.00803. The number of carbonyl (C=O) groups excluding carboxylic acids is 1. The Morgan fingerprint density at radius 2 is 1.81 bits per heavy atom. The number of carbonyl (C=O) groups is 1. The number of hydrogen-bond acceptors (Lipinski definition) is 4. The Balaban J connectivity index is 2.10. The highest BCUT2D eigenvalue weighted by Crippen LogP contribution is 2.31. The average Bonchev–Trinajstić information content (AvgIpc) is 2.36. The molecule has 0 heterocycles. The van der Waals surface area contributed by atoms with Crippen molar-refractivity contribution in [2.75, 3.05) is 0 Å². The Kier molecular flexibility index (Phi) is 4.94. The molecule has 1 saturated carbocycles. The van der Waals surface area contributed by atoms with Crippen LogP contribution in [0.1, 0.15) is 43.5 Å². The van der Waals surface area contributed by atoms with E-state index in [1.54, 1.807) is 0 Å². The lowest BCUT2D eigenvalue weighted by Gasteiger charge is -2.31. The van der Waals surface area contributed by atoms with Gasteiger partial charge in [0.25, 0.3) is 9.05 Å². The molecule has 0 aromatic heterocycles. The van der Waals surface area contributed by atoms with Gasteiger partial charge in [-0.25, -0.2) is 13.2 Å². The second-order valence-electron chi connectivity index (χ2n) is 5.91. The summed E-state index contributed by atoms with van der Waals surface area (Å²) in [5, 5.41) is 0. The van der Waals surface area contributed by atoms with Gasteiger partial charge in [0.2, 0.25) is 0 Å². The van der Waals surface area contributed by atoms with Crippen molar-refractivity contribution < 1.29 is 17.9 Å². The second kappa shape index (κ2) is 6.36. The molecule has 0 radical (unpaired) electrons. The van der Waals surface area contributed by atoms with Gasteiger partial charge in [0.1, 0.15) is 6.10 Å². The first kappa shape index (κ1) is 16.3. The Bertz CT molecular complexity index is 616. The molecule has 1 aromatic rings. The molecule has 21 heavy (non-hydrogen) atoms. The van der Waals surface area contributed by atoms with Gasteiger partial charge in [-0.3, -0.25) is 0 Å². The Morgan fingerprint density at radius 1 is 1.19 bits per heavy atom. The average molecular weight is 331 g/mol. The van der Waals surface area contributed by atoms with E-state index in [9.17, 15) is 13.2 Å². The fourth-order valence-electron chi connectivity index (χ4n) is 2.96. The standard InChI is InChI=1S/C15H19ClO4S/c1-10-6-11(2)8-13(7-10)20-15(17)12-4-3-5-14(9-12)21(16,18)19/h3-5,9-11,13H,6-8H2,1-2H3. The molecule has 1 aliphatic carbocycles. The van der Waals surface area contributed by atoms with Crippen molar-refractivity contribution >= 4 is 25.7 Å². The molecule has 0 amide bonds. The minimum atomic E-state index is -3.85. The molecule has 0 spiro atoms. The van der Waals surface area contributed by atoms with Crippen molar-refractivity contribution in [1.29, 1.82) is 0 Å². The highest BCUT2D eigenvalue weighted by molar-refractivity contribution is 8.13. The summed E-state index contributed by atoms with van der Waals surface area (Å²) in [5.74, 6) is 0.561. The molecule has 2 unspecified atom stereocenters. The summed E-state index contributed by atoms with van der Waals surface area (Å²) in [6, 6.07) is 5.62. The number of rotatable bonds is 3. The number of esters is 1. The van der Waals surface area contributed by atoms with Crippen LogP contribution in [0.4, 0.5) is 0 Å². The first-order valence-electron chi connectivity index (χ1n) is 7.01. The first-order valence-corrected chi connectivity index (χ1v) is 9.32. The zero-order valence-electron chi connectivity index (χ0n) is 12.1. The molecule has 0 bridgehead atoms. The molecule has 2 atom stereocenters. The van der Waals surface area contributed by atoms with Crippen molar-refractivity contribution in [3.05, 3.63) is 29.8 Å². The topological polar surface area (TPSA) is 60.4 Å². The van der Waals surface area contributed by atoms with E-state index in [0.717, 1.165) is 19.3 Å². The number of hydrogen-bond donors (Lipinski definition) is 0. The summed E-state index contributed by atoms with van der Waals surface area (Å²) >= 11 is 0. The first-order chi connectivity index (χ1) is 9.75. The summed E-state index contributed by atoms with van der Waals surface area (Å²) < 4.78 is 28.1. The van der Waals surface area contributed by atoms with Crippen LogP contribution in [0.25, 0.3) is 0 Å². The molecule has 0 saturated heterocycles. The van der Waals surface area contributed by atoms with Crippen molar-refractivity contribution in [3.8, 4) is 0 Å². The Hall–Kier alpha value is -1.07. The van der Waals surface area contributed by atoms with Crippen LogP contribution in [-0.4, -0.2) is 20.5 Å². The molecule has 1 aromatic carbocycles. The maximum absolute atomic E-state index is 12.1. The molecule has 116 valence electrons. The highest BCUT2D eigenvalue weighted by Gasteiger charge is 2.27. The van der Waals surface area contributed by atoms with Gasteiger partial charge in [0.15, 0.2) is 0 Å². The van der Waals surface area contributed by atoms with E-state index in [4.69, 9.17) is 15.4 Å². The Morgan fingerprint density at radius 3 is 2.38 bits per heavy atom. The van der Waals surface area contributed by atoms with Crippen LogP contribution in [0.3, 0.4) is 0 Å². The van der Waals surface area contributed by atoms with Crippen molar-refractivity contribution in [2.24, 2.45) is 11.8 Å². The number of halogens is 1. The van der Waals surface area contributed by atoms with Crippen LogP contribution in [-0.2, 0) is 13.8 Å². The minimum absolute atomic E-state index is 0.0935. The summed E-state index contributed by atoms with van der Waals surface area (Å²) in [7, 11) is 1.44. The smallest absolute Gasteiger partial charge is 0.338 e. The van der Waals surface area contributed by atoms with E-state index in [1.807, 2.05) is 0 Å². The molecule has 1 aliphatic rings. The van der Waals surface area contributed by atoms with E-state index in [-0.39, 0.29) is 16.6 Å². The molecule has 1 fully saturated rings. The lowest BCUT2D eigenvalue weighted by atomic mass is 9.82. The van der Waals surface area contributed by atoms with Crippen LogP contribution in [0, 0.1) is 11.8 Å².